The Kier molecular flexibility index (Phi) is 6.89. The van der Waals surface area contributed by atoms with Crippen LogP contribution in [0, 0.1) is 11.6 Å². The lowest BCUT2D eigenvalue weighted by Gasteiger charge is -2.47. The minimum absolute atomic E-state index is 0.0279. The Morgan fingerprint density at radius 3 is 2.77 bits per heavy atom. The van der Waals surface area contributed by atoms with Crippen molar-refractivity contribution in [2.75, 3.05) is 38.2 Å². The molecule has 12 heteroatoms. The van der Waals surface area contributed by atoms with E-state index in [-0.39, 0.29) is 46.2 Å². The maximum absolute atomic E-state index is 16.6. The van der Waals surface area contributed by atoms with Crippen LogP contribution in [0.3, 0.4) is 0 Å². The van der Waals surface area contributed by atoms with Gasteiger partial charge in [0.05, 0.1) is 17.6 Å². The molecular weight excluding hydrogens is 581 g/mol. The summed E-state index contributed by atoms with van der Waals surface area (Å²) < 4.78 is 52.2. The van der Waals surface area contributed by atoms with Crippen LogP contribution < -0.4 is 9.64 Å². The van der Waals surface area contributed by atoms with E-state index in [0.717, 1.165) is 19.4 Å². The molecule has 43 heavy (non-hydrogen) atoms. The molecule has 4 aromatic rings. The largest absolute Gasteiger partial charge is 0.462 e. The first kappa shape index (κ1) is 27.8. The molecule has 2 aromatic carbocycles. The molecule has 0 saturated carbocycles. The second kappa shape index (κ2) is 10.6. The Hall–Kier alpha value is -3.96. The number of nitrogens with zero attached hydrogens (tertiary/aromatic N) is 6. The Balaban J connectivity index is 1.34. The Bertz CT molecular complexity index is 1800. The summed E-state index contributed by atoms with van der Waals surface area (Å²) in [5.74, 6) is -3.16. The normalized spacial score (nSPS) is 21.8. The number of ether oxygens (including phenoxy) is 1. The SMILES string of the molecule is C=C(F)C(=O)N1CC[C@@H]2[C@H]1CN2c1nc(OC[C@@H]2CCCN2C)nc2c(F)c(-c3cncc4cccc(Cl)c34)c(F)cc12. The first-order chi connectivity index (χ1) is 20.7. The Morgan fingerprint density at radius 1 is 1.16 bits per heavy atom. The van der Waals surface area contributed by atoms with E-state index in [9.17, 15) is 9.18 Å². The number of carbonyl (C=O) groups is 1. The maximum atomic E-state index is 16.6. The van der Waals surface area contributed by atoms with Crippen LogP contribution in [0.4, 0.5) is 19.0 Å². The third kappa shape index (κ3) is 4.56. The number of carbonyl (C=O) groups excluding carboxylic acids is 1. The van der Waals surface area contributed by atoms with Crippen LogP contribution in [-0.2, 0) is 4.79 Å². The molecule has 8 nitrogen and oxygen atoms in total. The van der Waals surface area contributed by atoms with Gasteiger partial charge in [-0.2, -0.15) is 9.97 Å². The molecule has 1 amide bonds. The van der Waals surface area contributed by atoms with Crippen LogP contribution in [0.25, 0.3) is 32.8 Å². The third-order valence-electron chi connectivity index (χ3n) is 8.98. The lowest BCUT2D eigenvalue weighted by atomic mass is 9.95. The van der Waals surface area contributed by atoms with Gasteiger partial charge < -0.3 is 19.4 Å². The minimum Gasteiger partial charge on any atom is -0.462 e. The van der Waals surface area contributed by atoms with E-state index in [1.807, 2.05) is 11.9 Å². The molecule has 3 atom stereocenters. The summed E-state index contributed by atoms with van der Waals surface area (Å²) in [6.45, 7) is 5.06. The van der Waals surface area contributed by atoms with Gasteiger partial charge in [-0.15, -0.1) is 0 Å². The van der Waals surface area contributed by atoms with E-state index in [0.29, 0.717) is 47.7 Å². The van der Waals surface area contributed by atoms with Gasteiger partial charge in [0.2, 0.25) is 0 Å². The van der Waals surface area contributed by atoms with Crippen LogP contribution in [-0.4, -0.2) is 82.1 Å². The van der Waals surface area contributed by atoms with Gasteiger partial charge in [-0.25, -0.2) is 13.2 Å². The van der Waals surface area contributed by atoms with Crippen LogP contribution in [0.1, 0.15) is 19.3 Å². The van der Waals surface area contributed by atoms with Gasteiger partial charge in [0.15, 0.2) is 11.6 Å². The number of amides is 1. The van der Waals surface area contributed by atoms with Crippen molar-refractivity contribution in [1.29, 1.82) is 0 Å². The van der Waals surface area contributed by atoms with Crippen molar-refractivity contribution in [2.45, 2.75) is 37.4 Å². The Labute approximate surface area is 250 Å². The minimum atomic E-state index is -1.01. The molecule has 7 rings (SSSR count). The highest BCUT2D eigenvalue weighted by molar-refractivity contribution is 6.36. The quantitative estimate of drug-likeness (QED) is 0.267. The summed E-state index contributed by atoms with van der Waals surface area (Å²) >= 11 is 6.49. The monoisotopic (exact) mass is 608 g/mol. The highest BCUT2D eigenvalue weighted by Crippen LogP contribution is 2.43. The summed E-state index contributed by atoms with van der Waals surface area (Å²) in [5, 5.41) is 1.62. The maximum Gasteiger partial charge on any atom is 0.319 e. The number of likely N-dealkylation sites (N-methyl/N-ethyl adjacent to an activating group) is 1. The van der Waals surface area contributed by atoms with Crippen molar-refractivity contribution in [3.63, 3.8) is 0 Å². The summed E-state index contributed by atoms with van der Waals surface area (Å²) in [4.78, 5) is 31.1. The first-order valence-corrected chi connectivity index (χ1v) is 14.6. The molecule has 3 aliphatic heterocycles. The molecule has 0 spiro atoms. The number of likely N-dealkylation sites (tertiary alicyclic amines) is 2. The van der Waals surface area contributed by atoms with Crippen LogP contribution >= 0.6 is 11.6 Å². The molecule has 0 N–H and O–H groups in total. The van der Waals surface area contributed by atoms with E-state index in [1.54, 1.807) is 24.4 Å². The van der Waals surface area contributed by atoms with Gasteiger partial charge in [0.1, 0.15) is 23.8 Å². The van der Waals surface area contributed by atoms with Crippen LogP contribution in [0.15, 0.2) is 49.1 Å². The molecule has 0 radical (unpaired) electrons. The molecule has 0 aliphatic carbocycles. The zero-order chi connectivity index (χ0) is 30.0. The van der Waals surface area contributed by atoms with Crippen molar-refractivity contribution >= 4 is 45.0 Å². The number of pyridine rings is 1. The molecule has 2 aromatic heterocycles. The zero-order valence-electron chi connectivity index (χ0n) is 23.4. The third-order valence-corrected chi connectivity index (χ3v) is 9.29. The molecular formula is C31H28ClF3N6O2. The van der Waals surface area contributed by atoms with Crippen LogP contribution in [0.5, 0.6) is 6.01 Å². The number of hydrogen-bond acceptors (Lipinski definition) is 7. The number of hydrogen-bond donors (Lipinski definition) is 0. The summed E-state index contributed by atoms with van der Waals surface area (Å²) in [7, 11) is 2.02. The standard InChI is InChI=1S/C31H28ClF3N6O2/c1-16(33)30(42)40-10-8-23-24(40)14-41(23)29-19-11-22(34)26(20-13-36-12-17-5-3-7-21(32)25(17)20)27(35)28(19)37-31(38-29)43-15-18-6-4-9-39(18)2/h3,5,7,11-13,18,23-24H,1,4,6,8-10,14-15H2,2H3/t18-,23+,24+/m0/s1. The predicted molar refractivity (Wildman–Crippen MR) is 158 cm³/mol. The van der Waals surface area contributed by atoms with Crippen molar-refractivity contribution in [2.24, 2.45) is 0 Å². The fraction of sp³-hybridized carbons (Fsp3) is 0.355. The van der Waals surface area contributed by atoms with Gasteiger partial charge in [0, 0.05) is 58.3 Å². The molecule has 3 saturated heterocycles. The lowest BCUT2D eigenvalue weighted by Crippen LogP contribution is -2.63. The van der Waals surface area contributed by atoms with E-state index >= 15 is 8.78 Å². The number of aromatic nitrogens is 3. The van der Waals surface area contributed by atoms with Crippen molar-refractivity contribution in [1.82, 2.24) is 24.8 Å². The second-order valence-electron chi connectivity index (χ2n) is 11.4. The van der Waals surface area contributed by atoms with Gasteiger partial charge in [-0.1, -0.05) is 30.3 Å². The van der Waals surface area contributed by atoms with E-state index in [1.165, 1.54) is 17.2 Å². The number of halogens is 4. The van der Waals surface area contributed by atoms with Crippen molar-refractivity contribution < 1.29 is 22.7 Å². The van der Waals surface area contributed by atoms with E-state index < -0.39 is 23.4 Å². The number of fused-ring (bicyclic) bond motifs is 3. The fourth-order valence-corrected chi connectivity index (χ4v) is 6.98. The summed E-state index contributed by atoms with van der Waals surface area (Å²) in [5.41, 5.74) is -0.201. The second-order valence-corrected chi connectivity index (χ2v) is 11.8. The van der Waals surface area contributed by atoms with Gasteiger partial charge >= 0.3 is 6.01 Å². The van der Waals surface area contributed by atoms with Crippen molar-refractivity contribution in [3.8, 4) is 17.1 Å². The fourth-order valence-electron chi connectivity index (χ4n) is 6.70. The number of anilines is 1. The van der Waals surface area contributed by atoms with E-state index in [2.05, 4.69) is 26.4 Å². The lowest BCUT2D eigenvalue weighted by molar-refractivity contribution is -0.130. The molecule has 222 valence electrons. The molecule has 5 heterocycles. The highest BCUT2D eigenvalue weighted by Gasteiger charge is 2.50. The van der Waals surface area contributed by atoms with Gasteiger partial charge in [-0.3, -0.25) is 9.78 Å². The number of benzene rings is 2. The smallest absolute Gasteiger partial charge is 0.319 e. The predicted octanol–water partition coefficient (Wildman–Crippen LogP) is 5.52. The van der Waals surface area contributed by atoms with Crippen molar-refractivity contribution in [3.05, 3.63) is 65.7 Å². The topological polar surface area (TPSA) is 74.7 Å². The highest BCUT2D eigenvalue weighted by atomic mass is 35.5. The first-order valence-electron chi connectivity index (χ1n) is 14.2. The summed E-state index contributed by atoms with van der Waals surface area (Å²) in [6.07, 6.45) is 5.52. The number of rotatable bonds is 6. The molecule has 0 bridgehead atoms. The Morgan fingerprint density at radius 2 is 2.00 bits per heavy atom. The molecule has 3 aliphatic rings. The molecule has 0 unspecified atom stereocenters. The average Bonchev–Trinajstić information content (AvgIpc) is 3.53. The average molecular weight is 609 g/mol. The molecule has 3 fully saturated rings. The van der Waals surface area contributed by atoms with Gasteiger partial charge in [0.25, 0.3) is 5.91 Å². The van der Waals surface area contributed by atoms with Gasteiger partial charge in [-0.05, 0) is 45.0 Å². The van der Waals surface area contributed by atoms with Crippen LogP contribution in [0.2, 0.25) is 5.02 Å². The summed E-state index contributed by atoms with van der Waals surface area (Å²) in [6, 6.07) is 6.06. The van der Waals surface area contributed by atoms with E-state index in [4.69, 9.17) is 16.3 Å². The zero-order valence-corrected chi connectivity index (χ0v) is 24.1.